The molecule has 1 saturated heterocycles. The summed E-state index contributed by atoms with van der Waals surface area (Å²) in [6, 6.07) is 15.9. The Kier molecular flexibility index (Phi) is 8.52. The highest BCUT2D eigenvalue weighted by Gasteiger charge is 2.46. The smallest absolute Gasteiger partial charge is 0.270 e. The van der Waals surface area contributed by atoms with Gasteiger partial charge in [0.25, 0.3) is 17.5 Å². The van der Waals surface area contributed by atoms with Crippen molar-refractivity contribution in [3.8, 4) is 0 Å². The second kappa shape index (κ2) is 11.7. The molecule has 0 saturated carbocycles. The summed E-state index contributed by atoms with van der Waals surface area (Å²) >= 11 is 12.0. The van der Waals surface area contributed by atoms with Crippen molar-refractivity contribution in [1.82, 2.24) is 14.5 Å². The van der Waals surface area contributed by atoms with Gasteiger partial charge in [-0.25, -0.2) is 8.42 Å². The van der Waals surface area contributed by atoms with Gasteiger partial charge in [-0.1, -0.05) is 53.5 Å². The van der Waals surface area contributed by atoms with Crippen LogP contribution >= 0.6 is 23.2 Å². The molecule has 3 N–H and O–H groups in total. The summed E-state index contributed by atoms with van der Waals surface area (Å²) in [4.78, 5) is 38.4. The van der Waals surface area contributed by atoms with E-state index in [2.05, 4.69) is 5.32 Å². The molecule has 1 atom stereocenters. The Morgan fingerprint density at radius 2 is 1.72 bits per heavy atom. The molecule has 1 fully saturated rings. The molecule has 1 unspecified atom stereocenters. The van der Waals surface area contributed by atoms with Crippen molar-refractivity contribution in [3.63, 3.8) is 0 Å². The van der Waals surface area contributed by atoms with Gasteiger partial charge in [0.2, 0.25) is 10.0 Å². The highest BCUT2D eigenvalue weighted by molar-refractivity contribution is 7.89. The average molecular weight is 592 g/mol. The molecule has 3 aromatic carbocycles. The molecule has 39 heavy (non-hydrogen) atoms. The Bertz CT molecular complexity index is 1550. The highest BCUT2D eigenvalue weighted by atomic mass is 35.5. The normalized spacial score (nSPS) is 15.8. The van der Waals surface area contributed by atoms with E-state index in [1.54, 1.807) is 18.2 Å². The Hall–Kier alpha value is -3.55. The summed E-state index contributed by atoms with van der Waals surface area (Å²) < 4.78 is 28.1. The number of carbonyl (C=O) groups is 2. The van der Waals surface area contributed by atoms with Crippen molar-refractivity contribution in [2.45, 2.75) is 24.2 Å². The first-order chi connectivity index (χ1) is 18.5. The number of benzene rings is 3. The lowest BCUT2D eigenvalue weighted by molar-refractivity contribution is -0.384. The third-order valence-corrected chi connectivity index (χ3v) is 8.71. The number of rotatable bonds is 8. The molecular formula is C25H23Cl2N5O6S. The number of non-ortho nitro benzene ring substituents is 1. The lowest BCUT2D eigenvalue weighted by Gasteiger charge is -2.29. The van der Waals surface area contributed by atoms with E-state index in [0.29, 0.717) is 6.54 Å². The fourth-order valence-electron chi connectivity index (χ4n) is 4.18. The van der Waals surface area contributed by atoms with Crippen molar-refractivity contribution in [2.75, 3.05) is 13.1 Å². The van der Waals surface area contributed by atoms with Crippen molar-refractivity contribution in [1.29, 1.82) is 0 Å². The molecule has 1 aliphatic heterocycles. The van der Waals surface area contributed by atoms with Crippen molar-refractivity contribution >= 4 is 50.7 Å². The van der Waals surface area contributed by atoms with Gasteiger partial charge in [-0.2, -0.15) is 4.31 Å². The van der Waals surface area contributed by atoms with Crippen LogP contribution in [-0.2, 0) is 27.9 Å². The zero-order chi connectivity index (χ0) is 28.3. The minimum atomic E-state index is -4.33. The maximum Gasteiger partial charge on any atom is 0.270 e. The maximum absolute atomic E-state index is 13.6. The van der Waals surface area contributed by atoms with Crippen LogP contribution in [0.15, 0.2) is 71.6 Å². The number of carbonyl (C=O) groups excluding carboxylic acids is 2. The third kappa shape index (κ3) is 6.05. The molecule has 1 heterocycles. The summed E-state index contributed by atoms with van der Waals surface area (Å²) in [7, 11) is -4.33. The monoisotopic (exact) mass is 591 g/mol. The predicted molar refractivity (Wildman–Crippen MR) is 144 cm³/mol. The molecule has 2 amide bonds. The average Bonchev–Trinajstić information content (AvgIpc) is 3.39. The van der Waals surface area contributed by atoms with Crippen LogP contribution in [0.2, 0.25) is 10.0 Å². The highest BCUT2D eigenvalue weighted by Crippen LogP contribution is 2.30. The number of nitrogens with one attached hydrogen (secondary N) is 1. The number of sulfonamides is 1. The van der Waals surface area contributed by atoms with E-state index in [1.165, 1.54) is 30.3 Å². The summed E-state index contributed by atoms with van der Waals surface area (Å²) in [6.45, 7) is 0.00105. The van der Waals surface area contributed by atoms with E-state index in [9.17, 15) is 28.1 Å². The summed E-state index contributed by atoms with van der Waals surface area (Å²) in [5.74, 6) is -1.50. The first kappa shape index (κ1) is 28.5. The molecule has 3 aromatic rings. The molecule has 204 valence electrons. The van der Waals surface area contributed by atoms with Crippen LogP contribution in [0.4, 0.5) is 5.69 Å². The summed E-state index contributed by atoms with van der Waals surface area (Å²) in [6.07, 6.45) is -1.58. The zero-order valence-corrected chi connectivity index (χ0v) is 22.6. The van der Waals surface area contributed by atoms with Gasteiger partial charge in [-0.05, 0) is 35.4 Å². The van der Waals surface area contributed by atoms with E-state index in [-0.39, 0.29) is 45.8 Å². The van der Waals surface area contributed by atoms with Gasteiger partial charge < -0.3 is 16.0 Å². The molecular weight excluding hydrogens is 569 g/mol. The molecule has 4 rings (SSSR count). The number of halogens is 2. The molecule has 0 bridgehead atoms. The largest absolute Gasteiger partial charge is 0.349 e. The van der Waals surface area contributed by atoms with Crippen LogP contribution in [0, 0.1) is 10.1 Å². The van der Waals surface area contributed by atoms with Crippen molar-refractivity contribution in [2.24, 2.45) is 5.73 Å². The van der Waals surface area contributed by atoms with Crippen LogP contribution in [-0.4, -0.2) is 53.6 Å². The van der Waals surface area contributed by atoms with Crippen LogP contribution in [0.1, 0.15) is 21.5 Å². The minimum absolute atomic E-state index is 0.00209. The predicted octanol–water partition coefficient (Wildman–Crippen LogP) is 3.15. The maximum atomic E-state index is 13.6. The van der Waals surface area contributed by atoms with Gasteiger partial charge in [0.15, 0.2) is 6.17 Å². The van der Waals surface area contributed by atoms with E-state index >= 15 is 0 Å². The minimum Gasteiger partial charge on any atom is -0.349 e. The van der Waals surface area contributed by atoms with Crippen molar-refractivity contribution < 1.29 is 22.9 Å². The van der Waals surface area contributed by atoms with Gasteiger partial charge in [-0.15, -0.1) is 0 Å². The van der Waals surface area contributed by atoms with Crippen LogP contribution in [0.25, 0.3) is 0 Å². The van der Waals surface area contributed by atoms with E-state index in [0.717, 1.165) is 32.5 Å². The number of nitrogens with two attached hydrogens (primary N) is 1. The number of nitro groups is 1. The first-order valence-corrected chi connectivity index (χ1v) is 13.8. The standard InChI is InChI=1S/C25H23Cl2N5O6S/c26-21-8-7-20(13-22(21)27)39(37,38)31-10-9-30(25(34)18-5-2-6-19(12-18)32(35)36)24(31)23(33)29-15-17-4-1-3-16(11-17)14-28/h1-8,11-13,24H,9-10,14-15,28H2,(H,29,33). The Labute approximate surface area is 234 Å². The second-order valence-corrected chi connectivity index (χ2v) is 11.3. The molecule has 11 nitrogen and oxygen atoms in total. The van der Waals surface area contributed by atoms with Crippen LogP contribution in [0.3, 0.4) is 0 Å². The molecule has 0 radical (unpaired) electrons. The fraction of sp³-hybridized carbons (Fsp3) is 0.200. The van der Waals surface area contributed by atoms with Gasteiger partial charge in [0.05, 0.1) is 19.9 Å². The molecule has 0 aliphatic carbocycles. The third-order valence-electron chi connectivity index (χ3n) is 6.12. The van der Waals surface area contributed by atoms with Gasteiger partial charge >= 0.3 is 0 Å². The summed E-state index contributed by atoms with van der Waals surface area (Å²) in [5.41, 5.74) is 6.87. The zero-order valence-electron chi connectivity index (χ0n) is 20.3. The van der Waals surface area contributed by atoms with Gasteiger partial charge in [0.1, 0.15) is 0 Å². The van der Waals surface area contributed by atoms with Crippen molar-refractivity contribution in [3.05, 3.63) is 104 Å². The topological polar surface area (TPSA) is 156 Å². The molecule has 0 spiro atoms. The lowest BCUT2D eigenvalue weighted by Crippen LogP contribution is -2.53. The second-order valence-electron chi connectivity index (χ2n) is 8.61. The van der Waals surface area contributed by atoms with E-state index in [1.807, 2.05) is 6.07 Å². The molecule has 1 aliphatic rings. The van der Waals surface area contributed by atoms with E-state index in [4.69, 9.17) is 28.9 Å². The Morgan fingerprint density at radius 3 is 2.41 bits per heavy atom. The first-order valence-electron chi connectivity index (χ1n) is 11.6. The SMILES string of the molecule is NCc1cccc(CNC(=O)C2N(C(=O)c3cccc([N+](=O)[O-])c3)CCN2S(=O)(=O)c2ccc(Cl)c(Cl)c2)c1. The Morgan fingerprint density at radius 1 is 1.00 bits per heavy atom. The van der Waals surface area contributed by atoms with Crippen LogP contribution in [0.5, 0.6) is 0 Å². The number of nitrogens with zero attached hydrogens (tertiary/aromatic N) is 3. The summed E-state index contributed by atoms with van der Waals surface area (Å²) in [5, 5.41) is 14.1. The Balaban J connectivity index is 1.69. The molecule has 14 heteroatoms. The molecule has 0 aromatic heterocycles. The number of nitro benzene ring substituents is 1. The number of hydrogen-bond acceptors (Lipinski definition) is 7. The lowest BCUT2D eigenvalue weighted by atomic mass is 10.1. The van der Waals surface area contributed by atoms with Crippen LogP contribution < -0.4 is 11.1 Å². The number of hydrogen-bond donors (Lipinski definition) is 2. The quantitative estimate of drug-likeness (QED) is 0.301. The van der Waals surface area contributed by atoms with Gasteiger partial charge in [0, 0.05) is 43.9 Å². The fourth-order valence-corrected chi connectivity index (χ4v) is 6.12. The van der Waals surface area contributed by atoms with E-state index < -0.39 is 32.9 Å². The number of amides is 2. The van der Waals surface area contributed by atoms with Gasteiger partial charge in [-0.3, -0.25) is 19.7 Å².